The number of aromatic nitrogens is 2. The fraction of sp³-hybridized carbons (Fsp3) is 0.500. The molecule has 0 aliphatic heterocycles. The lowest BCUT2D eigenvalue weighted by atomic mass is 10.9. The fourth-order valence-corrected chi connectivity index (χ4v) is 0.637. The molecule has 0 spiro atoms. The molecule has 1 heterocycles. The van der Waals surface area contributed by atoms with Crippen LogP contribution in [0.3, 0.4) is 0 Å². The Hall–Kier alpha value is -0.970. The van der Waals surface area contributed by atoms with E-state index in [0.717, 1.165) is 5.01 Å². The largest absolute Gasteiger partial charge is 0.468 e. The number of nitrogens with zero attached hydrogens (tertiary/aromatic N) is 2. The van der Waals surface area contributed by atoms with Gasteiger partial charge in [-0.3, -0.25) is 4.79 Å². The summed E-state index contributed by atoms with van der Waals surface area (Å²) in [6.07, 6.45) is 0. The van der Waals surface area contributed by atoms with Gasteiger partial charge in [-0.15, -0.1) is 21.5 Å². The van der Waals surface area contributed by atoms with E-state index in [2.05, 4.69) is 14.9 Å². The molecule has 0 unspecified atom stereocenters. The minimum atomic E-state index is 0.431. The highest BCUT2D eigenvalue weighted by Crippen LogP contribution is 1.94. The van der Waals surface area contributed by atoms with Crippen LogP contribution in [0.1, 0.15) is 11.9 Å². The molecule has 0 N–H and O–H groups in total. The van der Waals surface area contributed by atoms with Crippen molar-refractivity contribution in [1.29, 1.82) is 0 Å². The molecule has 0 fully saturated rings. The molecule has 62 valence electrons. The van der Waals surface area contributed by atoms with Crippen LogP contribution in [0.4, 0.5) is 0 Å². The Kier molecular flexibility index (Phi) is 6.51. The third-order valence-electron chi connectivity index (χ3n) is 0.704. The first-order valence-corrected chi connectivity index (χ1v) is 3.97. The predicted octanol–water partition coefficient (Wildman–Crippen LogP) is 1.03. The predicted molar refractivity (Wildman–Crippen MR) is 42.3 cm³/mol. The van der Waals surface area contributed by atoms with Gasteiger partial charge in [0.15, 0.2) is 0 Å². The Labute approximate surface area is 69.2 Å². The van der Waals surface area contributed by atoms with Crippen LogP contribution in [0.15, 0.2) is 5.51 Å². The van der Waals surface area contributed by atoms with Crippen molar-refractivity contribution in [2.75, 3.05) is 6.61 Å². The van der Waals surface area contributed by atoms with Crippen molar-refractivity contribution in [3.8, 4) is 0 Å². The van der Waals surface area contributed by atoms with Crippen molar-refractivity contribution in [2.24, 2.45) is 0 Å². The maximum absolute atomic E-state index is 9.18. The third-order valence-corrected chi connectivity index (χ3v) is 1.33. The zero-order chi connectivity index (χ0) is 8.53. The van der Waals surface area contributed by atoms with E-state index in [-0.39, 0.29) is 0 Å². The molecule has 0 saturated carbocycles. The summed E-state index contributed by atoms with van der Waals surface area (Å²) in [4.78, 5) is 9.18. The Bertz CT molecular complexity index is 177. The zero-order valence-corrected chi connectivity index (χ0v) is 7.30. The second kappa shape index (κ2) is 7.14. The second-order valence-corrected chi connectivity index (χ2v) is 2.55. The molecule has 0 aliphatic carbocycles. The van der Waals surface area contributed by atoms with Crippen molar-refractivity contribution in [1.82, 2.24) is 10.2 Å². The summed E-state index contributed by atoms with van der Waals surface area (Å²) < 4.78 is 4.15. The van der Waals surface area contributed by atoms with Crippen LogP contribution in [0, 0.1) is 6.92 Å². The van der Waals surface area contributed by atoms with E-state index < -0.39 is 0 Å². The van der Waals surface area contributed by atoms with Crippen LogP contribution >= 0.6 is 11.3 Å². The van der Waals surface area contributed by atoms with E-state index in [4.69, 9.17) is 0 Å². The van der Waals surface area contributed by atoms with Crippen molar-refractivity contribution in [3.05, 3.63) is 10.5 Å². The number of hydrogen-bond donors (Lipinski definition) is 0. The molecule has 11 heavy (non-hydrogen) atoms. The molecule has 0 aromatic carbocycles. The normalized spacial score (nSPS) is 7.82. The molecule has 1 rings (SSSR count). The third kappa shape index (κ3) is 6.92. The van der Waals surface area contributed by atoms with Crippen LogP contribution in [-0.4, -0.2) is 23.3 Å². The maximum atomic E-state index is 9.18. The van der Waals surface area contributed by atoms with Crippen LogP contribution in [-0.2, 0) is 9.53 Å². The summed E-state index contributed by atoms with van der Waals surface area (Å²) in [5, 5.41) is 8.30. The summed E-state index contributed by atoms with van der Waals surface area (Å²) in [6.45, 7) is 4.59. The quantitative estimate of drug-likeness (QED) is 0.628. The van der Waals surface area contributed by atoms with Gasteiger partial charge in [0.25, 0.3) is 6.47 Å². The Morgan fingerprint density at radius 3 is 2.64 bits per heavy atom. The van der Waals surface area contributed by atoms with Crippen molar-refractivity contribution >= 4 is 17.8 Å². The number of hydrogen-bond acceptors (Lipinski definition) is 5. The van der Waals surface area contributed by atoms with Gasteiger partial charge >= 0.3 is 0 Å². The monoisotopic (exact) mass is 174 g/mol. The first-order chi connectivity index (χ1) is 5.31. The van der Waals surface area contributed by atoms with Gasteiger partial charge in [-0.1, -0.05) is 0 Å². The molecule has 1 aromatic heterocycles. The van der Waals surface area contributed by atoms with Gasteiger partial charge in [0.1, 0.15) is 10.5 Å². The first kappa shape index (κ1) is 10.0. The molecule has 4 nitrogen and oxygen atoms in total. The van der Waals surface area contributed by atoms with Gasteiger partial charge in [-0.05, 0) is 13.8 Å². The van der Waals surface area contributed by atoms with Gasteiger partial charge in [0.2, 0.25) is 0 Å². The highest BCUT2D eigenvalue weighted by molar-refractivity contribution is 7.09. The average Bonchev–Trinajstić information content (AvgIpc) is 2.43. The van der Waals surface area contributed by atoms with Gasteiger partial charge in [0, 0.05) is 0 Å². The Morgan fingerprint density at radius 1 is 1.82 bits per heavy atom. The van der Waals surface area contributed by atoms with E-state index >= 15 is 0 Å². The van der Waals surface area contributed by atoms with Gasteiger partial charge in [0.05, 0.1) is 6.61 Å². The maximum Gasteiger partial charge on any atom is 0.293 e. The number of carbonyl (C=O) groups excluding carboxylic acids is 1. The summed E-state index contributed by atoms with van der Waals surface area (Å²) >= 11 is 1.56. The van der Waals surface area contributed by atoms with Crippen molar-refractivity contribution in [3.63, 3.8) is 0 Å². The topological polar surface area (TPSA) is 52.1 Å². The second-order valence-electron chi connectivity index (χ2n) is 1.51. The smallest absolute Gasteiger partial charge is 0.293 e. The van der Waals surface area contributed by atoms with Crippen LogP contribution < -0.4 is 0 Å². The highest BCUT2D eigenvalue weighted by Gasteiger charge is 1.78. The molecule has 0 amide bonds. The minimum absolute atomic E-state index is 0.431. The lowest BCUT2D eigenvalue weighted by Gasteiger charge is -1.79. The van der Waals surface area contributed by atoms with Gasteiger partial charge < -0.3 is 4.74 Å². The lowest BCUT2D eigenvalue weighted by molar-refractivity contribution is -0.128. The van der Waals surface area contributed by atoms with Crippen LogP contribution in [0.25, 0.3) is 0 Å². The summed E-state index contributed by atoms with van der Waals surface area (Å²) in [5.74, 6) is 0. The number of rotatable bonds is 2. The molecule has 5 heteroatoms. The first-order valence-electron chi connectivity index (χ1n) is 3.09. The van der Waals surface area contributed by atoms with Crippen molar-refractivity contribution < 1.29 is 9.53 Å². The molecular formula is C6H10N2O2S. The summed E-state index contributed by atoms with van der Waals surface area (Å²) in [5.41, 5.74) is 1.72. The number of ether oxygens (including phenoxy) is 1. The summed E-state index contributed by atoms with van der Waals surface area (Å²) in [7, 11) is 0. The average molecular weight is 174 g/mol. The minimum Gasteiger partial charge on any atom is -0.468 e. The SMILES string of the molecule is CCOC=O.Cc1nncs1. The molecule has 0 bridgehead atoms. The van der Waals surface area contributed by atoms with Crippen molar-refractivity contribution in [2.45, 2.75) is 13.8 Å². The van der Waals surface area contributed by atoms with Crippen LogP contribution in [0.5, 0.6) is 0 Å². The molecule has 0 aliphatic rings. The fourth-order valence-electron chi connectivity index (χ4n) is 0.296. The van der Waals surface area contributed by atoms with E-state index in [1.54, 1.807) is 23.8 Å². The standard InChI is InChI=1S/C3H4N2S.C3H6O2/c1-3-5-4-2-6-3;1-2-5-3-4/h2H,1H3;3H,2H2,1H3. The van der Waals surface area contributed by atoms with E-state index in [1.165, 1.54) is 0 Å². The zero-order valence-electron chi connectivity index (χ0n) is 6.48. The summed E-state index contributed by atoms with van der Waals surface area (Å²) in [6, 6.07) is 0. The molecule has 0 atom stereocenters. The van der Waals surface area contributed by atoms with E-state index in [1.807, 2.05) is 6.92 Å². The Balaban J connectivity index is 0.000000187. The van der Waals surface area contributed by atoms with Gasteiger partial charge in [-0.2, -0.15) is 0 Å². The van der Waals surface area contributed by atoms with E-state index in [9.17, 15) is 4.79 Å². The highest BCUT2D eigenvalue weighted by atomic mass is 32.1. The van der Waals surface area contributed by atoms with Gasteiger partial charge in [-0.25, -0.2) is 0 Å². The van der Waals surface area contributed by atoms with Crippen LogP contribution in [0.2, 0.25) is 0 Å². The van der Waals surface area contributed by atoms with E-state index in [0.29, 0.717) is 13.1 Å². The molecular weight excluding hydrogens is 164 g/mol. The molecule has 1 aromatic rings. The Morgan fingerprint density at radius 2 is 2.55 bits per heavy atom. The lowest BCUT2D eigenvalue weighted by Crippen LogP contribution is -1.80. The molecule has 0 radical (unpaired) electrons. The number of carbonyl (C=O) groups is 1. The number of aryl methyl sites for hydroxylation is 1. The molecule has 0 saturated heterocycles.